The monoisotopic (exact) mass is 345 g/mol. The lowest BCUT2D eigenvalue weighted by Gasteiger charge is -2.40. The molecule has 122 valence electrons. The molecule has 1 aliphatic carbocycles. The van der Waals surface area contributed by atoms with Gasteiger partial charge in [0.05, 0.1) is 24.9 Å². The zero-order chi connectivity index (χ0) is 16.0. The molecule has 2 aliphatic rings. The summed E-state index contributed by atoms with van der Waals surface area (Å²) in [6, 6.07) is 1.96. The molecule has 8 heteroatoms. The third kappa shape index (κ3) is 2.59. The van der Waals surface area contributed by atoms with Crippen molar-refractivity contribution in [3.8, 4) is 0 Å². The lowest BCUT2D eigenvalue weighted by Crippen LogP contribution is -2.45. The molecule has 0 spiro atoms. The van der Waals surface area contributed by atoms with Crippen LogP contribution < -0.4 is 4.90 Å². The Balaban J connectivity index is 2.03. The second-order valence-electron chi connectivity index (χ2n) is 6.12. The van der Waals surface area contributed by atoms with E-state index in [1.54, 1.807) is 6.07 Å². The predicted octanol–water partition coefficient (Wildman–Crippen LogP) is 1.78. The topological polar surface area (TPSA) is 72.4 Å². The van der Waals surface area contributed by atoms with Crippen molar-refractivity contribution in [3.63, 3.8) is 0 Å². The van der Waals surface area contributed by atoms with Crippen LogP contribution in [0, 0.1) is 0 Å². The number of morpholine rings is 1. The molecule has 1 saturated heterocycles. The fourth-order valence-electron chi connectivity index (χ4n) is 3.17. The highest BCUT2D eigenvalue weighted by molar-refractivity contribution is 7.91. The summed E-state index contributed by atoms with van der Waals surface area (Å²) in [6.07, 6.45) is 3.35. The predicted molar refractivity (Wildman–Crippen MR) is 85.0 cm³/mol. The first-order valence-electron chi connectivity index (χ1n) is 7.42. The number of ether oxygens (including phenoxy) is 1. The highest BCUT2D eigenvalue weighted by atomic mass is 35.5. The average Bonchev–Trinajstić information content (AvgIpc) is 2.35. The lowest BCUT2D eigenvalue weighted by molar-refractivity contribution is 0.0985. The summed E-state index contributed by atoms with van der Waals surface area (Å²) in [5.41, 5.74) is 0.523. The molecule has 0 aromatic carbocycles. The van der Waals surface area contributed by atoms with Crippen LogP contribution in [0.3, 0.4) is 0 Å². The molecular weight excluding hydrogens is 326 g/mol. The Hall–Kier alpha value is -0.920. The number of rotatable bonds is 3. The number of halogens is 1. The van der Waals surface area contributed by atoms with Gasteiger partial charge in [-0.2, -0.15) is 0 Å². The molecular formula is C14H20ClN3O3S. The summed E-state index contributed by atoms with van der Waals surface area (Å²) in [6.45, 7) is 4.00. The Morgan fingerprint density at radius 3 is 2.68 bits per heavy atom. The standard InChI is InChI=1S/C14H20ClN3O3S/c1-10-9-21-7-6-18(10)12-8-11(16-13(15)17-12)14(4-3-5-14)22(2,19)20/h8,10H,3-7,9H2,1-2H3/t10-/m0/s1. The number of nitrogens with zero attached hydrogens (tertiary/aromatic N) is 3. The lowest BCUT2D eigenvalue weighted by atomic mass is 9.81. The van der Waals surface area contributed by atoms with Gasteiger partial charge in [0, 0.05) is 18.9 Å². The fourth-order valence-corrected chi connectivity index (χ4v) is 4.86. The van der Waals surface area contributed by atoms with Crippen LogP contribution in [0.5, 0.6) is 0 Å². The van der Waals surface area contributed by atoms with Gasteiger partial charge in [-0.3, -0.25) is 0 Å². The number of hydrogen-bond donors (Lipinski definition) is 0. The average molecular weight is 346 g/mol. The molecule has 3 rings (SSSR count). The van der Waals surface area contributed by atoms with Crippen molar-refractivity contribution in [1.29, 1.82) is 0 Å². The number of anilines is 1. The van der Waals surface area contributed by atoms with E-state index in [2.05, 4.69) is 14.9 Å². The smallest absolute Gasteiger partial charge is 0.224 e. The first-order chi connectivity index (χ1) is 10.3. The van der Waals surface area contributed by atoms with Crippen molar-refractivity contribution >= 4 is 27.3 Å². The number of sulfone groups is 1. The Labute approximate surface area is 135 Å². The first-order valence-corrected chi connectivity index (χ1v) is 9.69. The summed E-state index contributed by atoms with van der Waals surface area (Å²) in [5.74, 6) is 0.681. The number of aromatic nitrogens is 2. The molecule has 1 atom stereocenters. The summed E-state index contributed by atoms with van der Waals surface area (Å²) in [7, 11) is -3.25. The minimum atomic E-state index is -3.25. The Bertz CT molecular complexity index is 676. The third-order valence-electron chi connectivity index (χ3n) is 4.69. The van der Waals surface area contributed by atoms with Crippen LogP contribution in [0.4, 0.5) is 5.82 Å². The van der Waals surface area contributed by atoms with Crippen LogP contribution in [0.15, 0.2) is 6.07 Å². The molecule has 1 aromatic rings. The van der Waals surface area contributed by atoms with Gasteiger partial charge in [-0.25, -0.2) is 18.4 Å². The van der Waals surface area contributed by atoms with Gasteiger partial charge in [-0.05, 0) is 37.8 Å². The molecule has 1 aliphatic heterocycles. The van der Waals surface area contributed by atoms with Gasteiger partial charge in [-0.1, -0.05) is 0 Å². The van der Waals surface area contributed by atoms with Crippen LogP contribution in [0.2, 0.25) is 5.28 Å². The maximum absolute atomic E-state index is 12.3. The van der Waals surface area contributed by atoms with E-state index in [0.29, 0.717) is 44.1 Å². The molecule has 2 fully saturated rings. The van der Waals surface area contributed by atoms with Gasteiger partial charge in [-0.15, -0.1) is 0 Å². The molecule has 0 bridgehead atoms. The normalized spacial score (nSPS) is 24.9. The SMILES string of the molecule is C[C@H]1COCCN1c1cc(C2(S(C)(=O)=O)CCC2)nc(Cl)n1. The highest BCUT2D eigenvalue weighted by Crippen LogP contribution is 2.47. The Morgan fingerprint density at radius 2 is 2.14 bits per heavy atom. The van der Waals surface area contributed by atoms with E-state index in [0.717, 1.165) is 6.42 Å². The fraction of sp³-hybridized carbons (Fsp3) is 0.714. The van der Waals surface area contributed by atoms with Crippen LogP contribution >= 0.6 is 11.6 Å². The van der Waals surface area contributed by atoms with Crippen molar-refractivity contribution < 1.29 is 13.2 Å². The van der Waals surface area contributed by atoms with E-state index in [1.165, 1.54) is 6.26 Å². The third-order valence-corrected chi connectivity index (χ3v) is 6.89. The molecule has 1 saturated carbocycles. The van der Waals surface area contributed by atoms with Crippen molar-refractivity contribution in [2.24, 2.45) is 0 Å². The van der Waals surface area contributed by atoms with E-state index in [9.17, 15) is 8.42 Å². The molecule has 0 amide bonds. The summed E-state index contributed by atoms with van der Waals surface area (Å²) >= 11 is 6.08. The zero-order valence-corrected chi connectivity index (χ0v) is 14.3. The van der Waals surface area contributed by atoms with Crippen LogP contribution in [-0.2, 0) is 19.3 Å². The molecule has 0 radical (unpaired) electrons. The van der Waals surface area contributed by atoms with Crippen LogP contribution in [-0.4, -0.2) is 50.4 Å². The maximum Gasteiger partial charge on any atom is 0.224 e. The second-order valence-corrected chi connectivity index (χ2v) is 8.78. The van der Waals surface area contributed by atoms with E-state index in [-0.39, 0.29) is 11.3 Å². The van der Waals surface area contributed by atoms with Crippen molar-refractivity contribution in [2.75, 3.05) is 30.9 Å². The van der Waals surface area contributed by atoms with E-state index in [4.69, 9.17) is 16.3 Å². The van der Waals surface area contributed by atoms with Crippen LogP contribution in [0.25, 0.3) is 0 Å². The van der Waals surface area contributed by atoms with Crippen molar-refractivity contribution in [1.82, 2.24) is 9.97 Å². The van der Waals surface area contributed by atoms with Gasteiger partial charge in [0.1, 0.15) is 10.6 Å². The summed E-state index contributed by atoms with van der Waals surface area (Å²) < 4.78 is 29.1. The molecule has 2 heterocycles. The second kappa shape index (κ2) is 5.62. The van der Waals surface area contributed by atoms with Gasteiger partial charge in [0.2, 0.25) is 5.28 Å². The minimum absolute atomic E-state index is 0.0983. The minimum Gasteiger partial charge on any atom is -0.377 e. The molecule has 1 aromatic heterocycles. The quantitative estimate of drug-likeness (QED) is 0.777. The molecule has 0 unspecified atom stereocenters. The first kappa shape index (κ1) is 16.0. The summed E-state index contributed by atoms with van der Waals surface area (Å²) in [5, 5.41) is 0.0983. The van der Waals surface area contributed by atoms with E-state index in [1.807, 2.05) is 6.92 Å². The number of hydrogen-bond acceptors (Lipinski definition) is 6. The zero-order valence-electron chi connectivity index (χ0n) is 12.7. The molecule has 6 nitrogen and oxygen atoms in total. The van der Waals surface area contributed by atoms with Gasteiger partial charge in [0.15, 0.2) is 9.84 Å². The molecule has 22 heavy (non-hydrogen) atoms. The van der Waals surface area contributed by atoms with E-state index >= 15 is 0 Å². The Morgan fingerprint density at radius 1 is 1.41 bits per heavy atom. The van der Waals surface area contributed by atoms with Crippen molar-refractivity contribution in [2.45, 2.75) is 37.0 Å². The van der Waals surface area contributed by atoms with Gasteiger partial charge < -0.3 is 9.64 Å². The van der Waals surface area contributed by atoms with E-state index < -0.39 is 14.6 Å². The molecule has 0 N–H and O–H groups in total. The highest BCUT2D eigenvalue weighted by Gasteiger charge is 2.49. The van der Waals surface area contributed by atoms with Crippen molar-refractivity contribution in [3.05, 3.63) is 17.0 Å². The maximum atomic E-state index is 12.3. The largest absolute Gasteiger partial charge is 0.377 e. The van der Waals surface area contributed by atoms with Crippen LogP contribution in [0.1, 0.15) is 31.9 Å². The summed E-state index contributed by atoms with van der Waals surface area (Å²) in [4.78, 5) is 10.6. The van der Waals surface area contributed by atoms with Gasteiger partial charge in [0.25, 0.3) is 0 Å². The Kier molecular flexibility index (Phi) is 4.07. The van der Waals surface area contributed by atoms with Gasteiger partial charge >= 0.3 is 0 Å².